The summed E-state index contributed by atoms with van der Waals surface area (Å²) in [5, 5.41) is 0. The van der Waals surface area contributed by atoms with E-state index in [4.69, 9.17) is 0 Å². The molecule has 1 saturated heterocycles. The lowest BCUT2D eigenvalue weighted by atomic mass is 10.1. The van der Waals surface area contributed by atoms with Crippen molar-refractivity contribution in [1.82, 2.24) is 14.8 Å². The molecule has 7 heteroatoms. The molecule has 1 aromatic heterocycles. The minimum Gasteiger partial charge on any atom is -0.296 e. The van der Waals surface area contributed by atoms with E-state index in [1.54, 1.807) is 24.5 Å². The van der Waals surface area contributed by atoms with Crippen molar-refractivity contribution in [3.63, 3.8) is 0 Å². The van der Waals surface area contributed by atoms with Crippen LogP contribution in [0.3, 0.4) is 0 Å². The molecule has 0 radical (unpaired) electrons. The maximum absolute atomic E-state index is 13.0. The molecule has 1 aromatic carbocycles. The molecule has 0 aliphatic carbocycles. The SMILES string of the molecule is Fc1ccc(-c2cncc(CN3CCN(C(F)(F)F)CC3)c2)cc1. The monoisotopic (exact) mass is 339 g/mol. The first-order chi connectivity index (χ1) is 11.4. The number of piperazine rings is 1. The first-order valence-corrected chi connectivity index (χ1v) is 7.66. The third-order valence-corrected chi connectivity index (χ3v) is 4.11. The van der Waals surface area contributed by atoms with Gasteiger partial charge in [0.25, 0.3) is 0 Å². The molecule has 128 valence electrons. The first kappa shape index (κ1) is 16.9. The lowest BCUT2D eigenvalue weighted by Crippen LogP contribution is -2.51. The summed E-state index contributed by atoms with van der Waals surface area (Å²) in [7, 11) is 0. The fraction of sp³-hybridized carbons (Fsp3) is 0.353. The Morgan fingerprint density at radius 1 is 0.917 bits per heavy atom. The smallest absolute Gasteiger partial charge is 0.296 e. The third-order valence-electron chi connectivity index (χ3n) is 4.11. The highest BCUT2D eigenvalue weighted by atomic mass is 19.4. The van der Waals surface area contributed by atoms with Crippen LogP contribution in [0.5, 0.6) is 0 Å². The van der Waals surface area contributed by atoms with Crippen molar-refractivity contribution in [3.05, 3.63) is 54.1 Å². The van der Waals surface area contributed by atoms with Crippen LogP contribution in [0, 0.1) is 5.82 Å². The summed E-state index contributed by atoms with van der Waals surface area (Å²) in [5.74, 6) is -0.301. The second-order valence-corrected chi connectivity index (χ2v) is 5.82. The van der Waals surface area contributed by atoms with Gasteiger partial charge in [0.15, 0.2) is 0 Å². The van der Waals surface area contributed by atoms with Crippen LogP contribution in [-0.2, 0) is 6.54 Å². The number of alkyl halides is 3. The molecule has 3 rings (SSSR count). The highest BCUT2D eigenvalue weighted by Crippen LogP contribution is 2.24. The molecule has 3 nitrogen and oxygen atoms in total. The Balaban J connectivity index is 1.64. The van der Waals surface area contributed by atoms with Crippen molar-refractivity contribution >= 4 is 0 Å². The second-order valence-electron chi connectivity index (χ2n) is 5.82. The molecule has 0 bridgehead atoms. The average Bonchev–Trinajstić information content (AvgIpc) is 2.55. The van der Waals surface area contributed by atoms with E-state index < -0.39 is 6.30 Å². The molecule has 0 spiro atoms. The van der Waals surface area contributed by atoms with Gasteiger partial charge >= 0.3 is 6.30 Å². The quantitative estimate of drug-likeness (QED) is 0.630. The molecule has 0 atom stereocenters. The number of rotatable bonds is 3. The van der Waals surface area contributed by atoms with Crippen molar-refractivity contribution in [1.29, 1.82) is 0 Å². The molecule has 24 heavy (non-hydrogen) atoms. The van der Waals surface area contributed by atoms with Gasteiger partial charge in [-0.25, -0.2) is 9.29 Å². The molecular weight excluding hydrogens is 322 g/mol. The number of hydrogen-bond acceptors (Lipinski definition) is 3. The molecule has 0 saturated carbocycles. The van der Waals surface area contributed by atoms with Gasteiger partial charge in [-0.05, 0) is 29.3 Å². The molecule has 0 amide bonds. The maximum Gasteiger partial charge on any atom is 0.460 e. The normalized spacial score (nSPS) is 17.2. The molecule has 2 heterocycles. The highest BCUT2D eigenvalue weighted by Gasteiger charge is 2.38. The Morgan fingerprint density at radius 3 is 2.21 bits per heavy atom. The van der Waals surface area contributed by atoms with E-state index in [0.717, 1.165) is 16.7 Å². The van der Waals surface area contributed by atoms with Gasteiger partial charge in [0.1, 0.15) is 5.82 Å². The van der Waals surface area contributed by atoms with Crippen molar-refractivity contribution in [2.75, 3.05) is 26.2 Å². The van der Waals surface area contributed by atoms with Gasteiger partial charge in [0.2, 0.25) is 0 Å². The summed E-state index contributed by atoms with van der Waals surface area (Å²) in [6.45, 7) is 1.23. The Hall–Kier alpha value is -1.99. The minimum absolute atomic E-state index is 0.0193. The van der Waals surface area contributed by atoms with Crippen LogP contribution < -0.4 is 0 Å². The van der Waals surface area contributed by atoms with E-state index in [0.29, 0.717) is 24.5 Å². The molecule has 0 unspecified atom stereocenters. The number of nitrogens with zero attached hydrogens (tertiary/aromatic N) is 3. The maximum atomic E-state index is 13.0. The van der Waals surface area contributed by atoms with E-state index in [1.165, 1.54) is 12.1 Å². The van der Waals surface area contributed by atoms with Crippen molar-refractivity contribution in [2.45, 2.75) is 12.8 Å². The van der Waals surface area contributed by atoms with Gasteiger partial charge in [0, 0.05) is 50.7 Å². The third kappa shape index (κ3) is 4.10. The fourth-order valence-electron chi connectivity index (χ4n) is 2.79. The molecule has 0 N–H and O–H groups in total. The topological polar surface area (TPSA) is 19.4 Å². The summed E-state index contributed by atoms with van der Waals surface area (Å²) in [6, 6.07) is 8.07. The molecule has 1 aliphatic rings. The molecular formula is C17H17F4N3. The first-order valence-electron chi connectivity index (χ1n) is 7.66. The van der Waals surface area contributed by atoms with Crippen molar-refractivity contribution in [2.24, 2.45) is 0 Å². The molecule has 1 aliphatic heterocycles. The van der Waals surface area contributed by atoms with E-state index in [9.17, 15) is 17.6 Å². The molecule has 1 fully saturated rings. The summed E-state index contributed by atoms with van der Waals surface area (Å²) in [5.41, 5.74) is 2.64. The predicted molar refractivity (Wildman–Crippen MR) is 82.5 cm³/mol. The Labute approximate surface area is 137 Å². The second kappa shape index (κ2) is 6.86. The number of aromatic nitrogens is 1. The van der Waals surface area contributed by atoms with Crippen molar-refractivity contribution in [3.8, 4) is 11.1 Å². The fourth-order valence-corrected chi connectivity index (χ4v) is 2.79. The number of benzene rings is 1. The van der Waals surface area contributed by atoms with Crippen LogP contribution in [0.4, 0.5) is 17.6 Å². The van der Waals surface area contributed by atoms with Crippen LogP contribution in [0.15, 0.2) is 42.7 Å². The Morgan fingerprint density at radius 2 is 1.58 bits per heavy atom. The van der Waals surface area contributed by atoms with Gasteiger partial charge in [0.05, 0.1) is 0 Å². The van der Waals surface area contributed by atoms with Crippen LogP contribution in [0.25, 0.3) is 11.1 Å². The summed E-state index contributed by atoms with van der Waals surface area (Å²) >= 11 is 0. The zero-order valence-electron chi connectivity index (χ0n) is 12.9. The van der Waals surface area contributed by atoms with Crippen LogP contribution in [0.1, 0.15) is 5.56 Å². The van der Waals surface area contributed by atoms with Gasteiger partial charge < -0.3 is 0 Å². The van der Waals surface area contributed by atoms with Crippen molar-refractivity contribution < 1.29 is 17.6 Å². The number of pyridine rings is 1. The molecule has 2 aromatic rings. The van der Waals surface area contributed by atoms with E-state index >= 15 is 0 Å². The Kier molecular flexibility index (Phi) is 4.82. The van der Waals surface area contributed by atoms with Gasteiger partial charge in [-0.3, -0.25) is 9.88 Å². The minimum atomic E-state index is -4.25. The van der Waals surface area contributed by atoms with E-state index in [1.807, 2.05) is 11.0 Å². The summed E-state index contributed by atoms with van der Waals surface area (Å²) < 4.78 is 50.9. The largest absolute Gasteiger partial charge is 0.460 e. The zero-order chi connectivity index (χ0) is 17.2. The lowest BCUT2D eigenvalue weighted by molar-refractivity contribution is -0.252. The number of halogens is 4. The zero-order valence-corrected chi connectivity index (χ0v) is 12.9. The number of hydrogen-bond donors (Lipinski definition) is 0. The summed E-state index contributed by atoms with van der Waals surface area (Å²) in [4.78, 5) is 6.71. The van der Waals surface area contributed by atoms with Gasteiger partial charge in [-0.15, -0.1) is 0 Å². The van der Waals surface area contributed by atoms with Gasteiger partial charge in [-0.1, -0.05) is 12.1 Å². The Bertz CT molecular complexity index is 677. The van der Waals surface area contributed by atoms with Crippen LogP contribution in [-0.4, -0.2) is 47.3 Å². The highest BCUT2D eigenvalue weighted by molar-refractivity contribution is 5.62. The predicted octanol–water partition coefficient (Wildman–Crippen LogP) is 3.53. The lowest BCUT2D eigenvalue weighted by Gasteiger charge is -2.35. The van der Waals surface area contributed by atoms with E-state index in [2.05, 4.69) is 4.98 Å². The van der Waals surface area contributed by atoms with Crippen LogP contribution >= 0.6 is 0 Å². The average molecular weight is 339 g/mol. The standard InChI is InChI=1S/C17H17F4N3/c18-16-3-1-14(2-4-16)15-9-13(10-22-11-15)12-23-5-7-24(8-6-23)17(19,20)21/h1-4,9-11H,5-8,12H2. The summed E-state index contributed by atoms with van der Waals surface area (Å²) in [6.07, 6.45) is -0.850. The van der Waals surface area contributed by atoms with Crippen LogP contribution in [0.2, 0.25) is 0 Å². The van der Waals surface area contributed by atoms with E-state index in [-0.39, 0.29) is 18.9 Å². The van der Waals surface area contributed by atoms with Gasteiger partial charge in [-0.2, -0.15) is 13.2 Å².